The minimum atomic E-state index is -0.603. The van der Waals surface area contributed by atoms with E-state index in [0.717, 1.165) is 0 Å². The van der Waals surface area contributed by atoms with Crippen LogP contribution < -0.4 is 11.2 Å². The molecular weight excluding hydrogens is 244 g/mol. The van der Waals surface area contributed by atoms with Gasteiger partial charge < -0.3 is 4.74 Å². The van der Waals surface area contributed by atoms with E-state index in [1.807, 2.05) is 0 Å². The number of carbonyl (C=O) groups is 1. The molecule has 2 aromatic heterocycles. The first-order chi connectivity index (χ1) is 8.13. The van der Waals surface area contributed by atoms with Crippen LogP contribution in [0.15, 0.2) is 21.0 Å². The SMILES string of the molecule is CCOC(=O)Cn1c(=O)[nH]c(=O)c2sccc21. The topological polar surface area (TPSA) is 81.2 Å². The average Bonchev–Trinajstić information content (AvgIpc) is 2.73. The lowest BCUT2D eigenvalue weighted by molar-refractivity contribution is -0.143. The van der Waals surface area contributed by atoms with E-state index < -0.39 is 17.2 Å². The fourth-order valence-corrected chi connectivity index (χ4v) is 2.30. The molecule has 1 N–H and O–H groups in total. The van der Waals surface area contributed by atoms with E-state index >= 15 is 0 Å². The molecule has 6 nitrogen and oxygen atoms in total. The second kappa shape index (κ2) is 4.54. The molecule has 7 heteroatoms. The van der Waals surface area contributed by atoms with Crippen LogP contribution in [0.25, 0.3) is 10.2 Å². The van der Waals surface area contributed by atoms with Gasteiger partial charge in [-0.3, -0.25) is 19.1 Å². The van der Waals surface area contributed by atoms with E-state index in [1.165, 1.54) is 15.9 Å². The van der Waals surface area contributed by atoms with E-state index in [2.05, 4.69) is 4.98 Å². The number of H-pyrrole nitrogens is 1. The lowest BCUT2D eigenvalue weighted by Gasteiger charge is -2.05. The number of aromatic amines is 1. The van der Waals surface area contributed by atoms with Gasteiger partial charge in [-0.05, 0) is 18.4 Å². The number of carbonyl (C=O) groups excluding carboxylic acids is 1. The monoisotopic (exact) mass is 254 g/mol. The van der Waals surface area contributed by atoms with Gasteiger partial charge >= 0.3 is 11.7 Å². The third-order valence-corrected chi connectivity index (χ3v) is 3.10. The normalized spacial score (nSPS) is 10.6. The van der Waals surface area contributed by atoms with Gasteiger partial charge in [0.05, 0.1) is 12.1 Å². The van der Waals surface area contributed by atoms with Crippen LogP contribution in [0.5, 0.6) is 0 Å². The largest absolute Gasteiger partial charge is 0.465 e. The average molecular weight is 254 g/mol. The minimum absolute atomic E-state index is 0.198. The fourth-order valence-electron chi connectivity index (χ4n) is 1.51. The quantitative estimate of drug-likeness (QED) is 0.799. The van der Waals surface area contributed by atoms with E-state index in [1.54, 1.807) is 18.4 Å². The highest BCUT2D eigenvalue weighted by Gasteiger charge is 2.11. The predicted molar refractivity (Wildman–Crippen MR) is 63.3 cm³/mol. The molecule has 0 aromatic carbocycles. The zero-order chi connectivity index (χ0) is 12.4. The number of nitrogens with zero attached hydrogens (tertiary/aromatic N) is 1. The van der Waals surface area contributed by atoms with Crippen LogP contribution in [0.3, 0.4) is 0 Å². The van der Waals surface area contributed by atoms with Crippen LogP contribution in [0.1, 0.15) is 6.92 Å². The minimum Gasteiger partial charge on any atom is -0.465 e. The van der Waals surface area contributed by atoms with Crippen molar-refractivity contribution in [3.05, 3.63) is 32.3 Å². The maximum Gasteiger partial charge on any atom is 0.329 e. The first-order valence-electron chi connectivity index (χ1n) is 4.99. The molecule has 0 aliphatic heterocycles. The summed E-state index contributed by atoms with van der Waals surface area (Å²) in [7, 11) is 0. The molecule has 0 bridgehead atoms. The van der Waals surface area contributed by atoms with Gasteiger partial charge in [0.15, 0.2) is 0 Å². The van der Waals surface area contributed by atoms with Gasteiger partial charge in [-0.1, -0.05) is 0 Å². The van der Waals surface area contributed by atoms with E-state index in [0.29, 0.717) is 10.2 Å². The summed E-state index contributed by atoms with van der Waals surface area (Å²) in [6.07, 6.45) is 0. The van der Waals surface area contributed by atoms with Gasteiger partial charge in [-0.25, -0.2) is 4.79 Å². The molecule has 0 amide bonds. The number of thiophene rings is 1. The highest BCUT2D eigenvalue weighted by molar-refractivity contribution is 7.17. The van der Waals surface area contributed by atoms with Crippen LogP contribution in [-0.4, -0.2) is 22.1 Å². The molecule has 17 heavy (non-hydrogen) atoms. The Balaban J connectivity index is 2.53. The van der Waals surface area contributed by atoms with Gasteiger partial charge in [0.1, 0.15) is 11.2 Å². The summed E-state index contributed by atoms with van der Waals surface area (Å²) in [5.41, 5.74) is -0.578. The van der Waals surface area contributed by atoms with Crippen molar-refractivity contribution < 1.29 is 9.53 Å². The summed E-state index contributed by atoms with van der Waals surface area (Å²) in [6.45, 7) is 1.74. The van der Waals surface area contributed by atoms with Crippen LogP contribution in [0.4, 0.5) is 0 Å². The van der Waals surface area contributed by atoms with Crippen LogP contribution in [-0.2, 0) is 16.1 Å². The van der Waals surface area contributed by atoms with Gasteiger partial charge in [0.25, 0.3) is 5.56 Å². The Labute approximate surface area is 99.5 Å². The zero-order valence-corrected chi connectivity index (χ0v) is 9.87. The summed E-state index contributed by atoms with van der Waals surface area (Å²) in [6, 6.07) is 1.63. The maximum atomic E-state index is 11.6. The molecule has 2 heterocycles. The molecule has 0 saturated heterocycles. The zero-order valence-electron chi connectivity index (χ0n) is 9.06. The Morgan fingerprint density at radius 1 is 1.53 bits per heavy atom. The van der Waals surface area contributed by atoms with Crippen molar-refractivity contribution in [3.63, 3.8) is 0 Å². The van der Waals surface area contributed by atoms with Crippen molar-refractivity contribution in [3.8, 4) is 0 Å². The third-order valence-electron chi connectivity index (χ3n) is 2.20. The summed E-state index contributed by atoms with van der Waals surface area (Å²) >= 11 is 1.22. The number of esters is 1. The first kappa shape index (κ1) is 11.6. The van der Waals surface area contributed by atoms with Crippen LogP contribution in [0, 0.1) is 0 Å². The molecule has 0 aliphatic rings. The fraction of sp³-hybridized carbons (Fsp3) is 0.300. The van der Waals surface area contributed by atoms with Crippen molar-refractivity contribution in [2.45, 2.75) is 13.5 Å². The Bertz CT molecular complexity index is 667. The molecule has 0 aliphatic carbocycles. The number of hydrogen-bond donors (Lipinski definition) is 1. The van der Waals surface area contributed by atoms with Gasteiger partial charge in [0, 0.05) is 0 Å². The highest BCUT2D eigenvalue weighted by Crippen LogP contribution is 2.14. The molecule has 0 spiro atoms. The van der Waals surface area contributed by atoms with E-state index in [-0.39, 0.29) is 13.2 Å². The number of aromatic nitrogens is 2. The molecule has 0 fully saturated rings. The number of fused-ring (bicyclic) bond motifs is 1. The van der Waals surface area contributed by atoms with Crippen LogP contribution in [0.2, 0.25) is 0 Å². The van der Waals surface area contributed by atoms with E-state index in [4.69, 9.17) is 4.74 Å². The Kier molecular flexibility index (Phi) is 3.10. The third kappa shape index (κ3) is 2.14. The van der Waals surface area contributed by atoms with Crippen molar-refractivity contribution in [1.82, 2.24) is 9.55 Å². The Hall–Kier alpha value is -1.89. The number of hydrogen-bond acceptors (Lipinski definition) is 5. The molecule has 2 aromatic rings. The molecule has 2 rings (SSSR count). The van der Waals surface area contributed by atoms with Crippen molar-refractivity contribution >= 4 is 27.5 Å². The Morgan fingerprint density at radius 2 is 2.29 bits per heavy atom. The van der Waals surface area contributed by atoms with Gasteiger partial charge in [-0.2, -0.15) is 0 Å². The molecule has 0 atom stereocenters. The summed E-state index contributed by atoms with van der Waals surface area (Å²) in [4.78, 5) is 36.6. The smallest absolute Gasteiger partial charge is 0.329 e. The Morgan fingerprint density at radius 3 is 3.00 bits per heavy atom. The lowest BCUT2D eigenvalue weighted by Crippen LogP contribution is -2.32. The number of rotatable bonds is 3. The standard InChI is InChI=1S/C10H10N2O4S/c1-2-16-7(13)5-12-6-3-4-17-8(6)9(14)11-10(12)15/h3-4H,2,5H2,1H3,(H,11,14,15). The summed E-state index contributed by atoms with van der Waals surface area (Å²) in [5.74, 6) is -0.505. The van der Waals surface area contributed by atoms with Gasteiger partial charge in [0.2, 0.25) is 0 Å². The molecule has 0 saturated carbocycles. The summed E-state index contributed by atoms with van der Waals surface area (Å²) in [5, 5.41) is 1.70. The molecule has 0 unspecified atom stereocenters. The lowest BCUT2D eigenvalue weighted by atomic mass is 10.4. The summed E-state index contributed by atoms with van der Waals surface area (Å²) < 4.78 is 6.39. The first-order valence-corrected chi connectivity index (χ1v) is 5.87. The van der Waals surface area contributed by atoms with Crippen molar-refractivity contribution in [2.24, 2.45) is 0 Å². The van der Waals surface area contributed by atoms with Crippen molar-refractivity contribution in [1.29, 1.82) is 0 Å². The second-order valence-corrected chi connectivity index (χ2v) is 4.20. The second-order valence-electron chi connectivity index (χ2n) is 3.29. The number of ether oxygens (including phenoxy) is 1. The van der Waals surface area contributed by atoms with Crippen molar-refractivity contribution in [2.75, 3.05) is 6.61 Å². The molecule has 0 radical (unpaired) electrons. The predicted octanol–water partition coefficient (Wildman–Crippen LogP) is 0.314. The number of nitrogens with one attached hydrogen (secondary N) is 1. The highest BCUT2D eigenvalue weighted by atomic mass is 32.1. The maximum absolute atomic E-state index is 11.6. The molecular formula is C10H10N2O4S. The van der Waals surface area contributed by atoms with Gasteiger partial charge in [-0.15, -0.1) is 11.3 Å². The van der Waals surface area contributed by atoms with E-state index in [9.17, 15) is 14.4 Å². The van der Waals surface area contributed by atoms with Crippen LogP contribution >= 0.6 is 11.3 Å². The molecule has 90 valence electrons.